The van der Waals surface area contributed by atoms with Gasteiger partial charge in [0.25, 0.3) is 0 Å². The van der Waals surface area contributed by atoms with Crippen LogP contribution in [0.1, 0.15) is 12.8 Å². The van der Waals surface area contributed by atoms with E-state index in [4.69, 9.17) is 11.6 Å². The van der Waals surface area contributed by atoms with E-state index < -0.39 is 0 Å². The number of hydrogen-bond acceptors (Lipinski definition) is 0. The summed E-state index contributed by atoms with van der Waals surface area (Å²) < 4.78 is 0.157. The first-order valence-corrected chi connectivity index (χ1v) is 4.59. The highest BCUT2D eigenvalue weighted by Crippen LogP contribution is 2.12. The first kappa shape index (κ1) is 8.25. The summed E-state index contributed by atoms with van der Waals surface area (Å²) >= 11 is 12.1. The molecule has 0 spiro atoms. The molecule has 0 rings (SSSR count). The van der Waals surface area contributed by atoms with E-state index in [-0.39, 0.29) is 4.29 Å². The van der Waals surface area contributed by atoms with E-state index >= 15 is 0 Å². The van der Waals surface area contributed by atoms with Gasteiger partial charge in [0.05, 0.1) is 4.29 Å². The van der Waals surface area contributed by atoms with Crippen molar-refractivity contribution < 1.29 is 0 Å². The van der Waals surface area contributed by atoms with Crippen molar-refractivity contribution in [2.24, 2.45) is 0 Å². The van der Waals surface area contributed by atoms with E-state index in [0.29, 0.717) is 0 Å². The lowest BCUT2D eigenvalue weighted by Gasteiger charge is -1.94. The number of hydrogen-bond donors (Lipinski definition) is 0. The van der Waals surface area contributed by atoms with E-state index in [0.717, 1.165) is 18.2 Å². The predicted octanol–water partition coefficient (Wildman–Crippen LogP) is 3.12. The third-order valence-electron chi connectivity index (χ3n) is 0.556. The second-order valence-electron chi connectivity index (χ2n) is 1.22. The molecule has 0 saturated carbocycles. The predicted molar refractivity (Wildman–Crippen MR) is 41.6 cm³/mol. The van der Waals surface area contributed by atoms with Crippen molar-refractivity contribution in [1.29, 1.82) is 0 Å². The van der Waals surface area contributed by atoms with Gasteiger partial charge in [-0.1, -0.05) is 31.9 Å². The Hall–Kier alpha value is 1.25. The molecule has 0 fully saturated rings. The molecule has 0 aromatic carbocycles. The van der Waals surface area contributed by atoms with E-state index in [2.05, 4.69) is 31.9 Å². The summed E-state index contributed by atoms with van der Waals surface area (Å²) in [6.07, 6.45) is 2.17. The molecule has 1 atom stereocenters. The zero-order valence-corrected chi connectivity index (χ0v) is 7.76. The molecule has 0 heterocycles. The van der Waals surface area contributed by atoms with Crippen molar-refractivity contribution >= 4 is 43.5 Å². The topological polar surface area (TPSA) is 0 Å². The van der Waals surface area contributed by atoms with Gasteiger partial charge in [0.1, 0.15) is 0 Å². The molecule has 3 heteroatoms. The third kappa shape index (κ3) is 7.25. The second-order valence-corrected chi connectivity index (χ2v) is 4.17. The summed E-state index contributed by atoms with van der Waals surface area (Å²) in [6, 6.07) is 0. The minimum Gasteiger partial charge on any atom is -0.110 e. The molecule has 0 amide bonds. The van der Waals surface area contributed by atoms with Crippen molar-refractivity contribution in [2.75, 3.05) is 5.33 Å². The lowest BCUT2D eigenvalue weighted by Crippen LogP contribution is -1.84. The van der Waals surface area contributed by atoms with Gasteiger partial charge < -0.3 is 0 Å². The van der Waals surface area contributed by atoms with Crippen molar-refractivity contribution in [2.45, 2.75) is 17.1 Å². The standard InChI is InChI=1S/C4H7Br2Cl/c5-3-1-2-4(6)7/h4H,1-3H2. The van der Waals surface area contributed by atoms with Crippen LogP contribution in [-0.4, -0.2) is 9.62 Å². The minimum absolute atomic E-state index is 0.157. The van der Waals surface area contributed by atoms with Gasteiger partial charge in [-0.3, -0.25) is 0 Å². The number of halogens is 3. The van der Waals surface area contributed by atoms with E-state index in [9.17, 15) is 0 Å². The fourth-order valence-corrected chi connectivity index (χ4v) is 1.03. The van der Waals surface area contributed by atoms with E-state index in [1.807, 2.05) is 0 Å². The Kier molecular flexibility index (Phi) is 6.35. The molecule has 0 aliphatic carbocycles. The van der Waals surface area contributed by atoms with Gasteiger partial charge in [0.2, 0.25) is 0 Å². The molecule has 1 unspecified atom stereocenters. The van der Waals surface area contributed by atoms with Crippen molar-refractivity contribution in [3.05, 3.63) is 0 Å². The van der Waals surface area contributed by atoms with Crippen LogP contribution in [0.15, 0.2) is 0 Å². The Morgan fingerprint density at radius 1 is 1.57 bits per heavy atom. The maximum Gasteiger partial charge on any atom is 0.0886 e. The summed E-state index contributed by atoms with van der Waals surface area (Å²) in [4.78, 5) is 0. The van der Waals surface area contributed by atoms with E-state index in [1.54, 1.807) is 0 Å². The zero-order chi connectivity index (χ0) is 5.70. The molecule has 44 valence electrons. The van der Waals surface area contributed by atoms with Gasteiger partial charge in [0.15, 0.2) is 0 Å². The van der Waals surface area contributed by atoms with Crippen molar-refractivity contribution in [3.8, 4) is 0 Å². The molecule has 0 radical (unpaired) electrons. The highest BCUT2D eigenvalue weighted by Gasteiger charge is 1.93. The quantitative estimate of drug-likeness (QED) is 0.675. The maximum absolute atomic E-state index is 5.55. The zero-order valence-electron chi connectivity index (χ0n) is 3.83. The molecule has 0 aliphatic rings. The summed E-state index contributed by atoms with van der Waals surface area (Å²) in [6.45, 7) is 0. The van der Waals surface area contributed by atoms with Crippen LogP contribution in [0.5, 0.6) is 0 Å². The highest BCUT2D eigenvalue weighted by molar-refractivity contribution is 9.10. The largest absolute Gasteiger partial charge is 0.110 e. The number of rotatable bonds is 3. The Morgan fingerprint density at radius 3 is 2.29 bits per heavy atom. The average Bonchev–Trinajstić information content (AvgIpc) is 1.61. The Balaban J connectivity index is 2.68. The molecule has 7 heavy (non-hydrogen) atoms. The normalized spacial score (nSPS) is 14.1. The molecule has 0 aliphatic heterocycles. The van der Waals surface area contributed by atoms with Crippen molar-refractivity contribution in [1.82, 2.24) is 0 Å². The van der Waals surface area contributed by atoms with E-state index in [1.165, 1.54) is 0 Å². The second kappa shape index (κ2) is 5.39. The van der Waals surface area contributed by atoms with Gasteiger partial charge in [-0.05, 0) is 12.8 Å². The summed E-state index contributed by atoms with van der Waals surface area (Å²) in [5, 5.41) is 1.04. The van der Waals surface area contributed by atoms with Crippen molar-refractivity contribution in [3.63, 3.8) is 0 Å². The Morgan fingerprint density at radius 2 is 2.14 bits per heavy atom. The lowest BCUT2D eigenvalue weighted by molar-refractivity contribution is 0.887. The Bertz CT molecular complexity index is 38.7. The average molecular weight is 250 g/mol. The van der Waals surface area contributed by atoms with Crippen LogP contribution in [0.2, 0.25) is 0 Å². The fraction of sp³-hybridized carbons (Fsp3) is 1.00. The minimum atomic E-state index is 0.157. The van der Waals surface area contributed by atoms with Crippen LogP contribution >= 0.6 is 43.5 Å². The van der Waals surface area contributed by atoms with Crippen LogP contribution < -0.4 is 0 Å². The molecular formula is C4H7Br2Cl. The Labute approximate surface area is 65.9 Å². The van der Waals surface area contributed by atoms with Gasteiger partial charge in [0, 0.05) is 5.33 Å². The summed E-state index contributed by atoms with van der Waals surface area (Å²) in [5.41, 5.74) is 0. The fourth-order valence-electron chi connectivity index (χ4n) is 0.231. The maximum atomic E-state index is 5.55. The molecule has 0 aromatic heterocycles. The summed E-state index contributed by atoms with van der Waals surface area (Å²) in [5.74, 6) is 0. The third-order valence-corrected chi connectivity index (χ3v) is 1.79. The van der Waals surface area contributed by atoms with Crippen LogP contribution in [0.3, 0.4) is 0 Å². The molecular weight excluding hydrogens is 243 g/mol. The number of alkyl halides is 3. The monoisotopic (exact) mass is 248 g/mol. The van der Waals surface area contributed by atoms with Crippen LogP contribution in [0, 0.1) is 0 Å². The molecule has 0 aromatic rings. The van der Waals surface area contributed by atoms with Gasteiger partial charge in [-0.25, -0.2) is 0 Å². The van der Waals surface area contributed by atoms with Crippen LogP contribution in [0.25, 0.3) is 0 Å². The van der Waals surface area contributed by atoms with Gasteiger partial charge in [-0.15, -0.1) is 11.6 Å². The van der Waals surface area contributed by atoms with Gasteiger partial charge >= 0.3 is 0 Å². The van der Waals surface area contributed by atoms with Crippen LogP contribution in [0.4, 0.5) is 0 Å². The highest BCUT2D eigenvalue weighted by atomic mass is 79.9. The lowest BCUT2D eigenvalue weighted by atomic mass is 10.4. The summed E-state index contributed by atoms with van der Waals surface area (Å²) in [7, 11) is 0. The first-order chi connectivity index (χ1) is 3.27. The van der Waals surface area contributed by atoms with Crippen LogP contribution in [-0.2, 0) is 0 Å². The SMILES string of the molecule is ClC(Br)CCCBr. The first-order valence-electron chi connectivity index (χ1n) is 2.11. The molecule has 0 N–H and O–H groups in total. The smallest absolute Gasteiger partial charge is 0.0886 e. The van der Waals surface area contributed by atoms with Gasteiger partial charge in [-0.2, -0.15) is 0 Å². The molecule has 0 saturated heterocycles. The molecule has 0 bridgehead atoms. The molecule has 0 nitrogen and oxygen atoms in total.